The van der Waals surface area contributed by atoms with Crippen molar-refractivity contribution in [2.45, 2.75) is 19.9 Å². The van der Waals surface area contributed by atoms with Gasteiger partial charge in [-0.05, 0) is 38.1 Å². The lowest BCUT2D eigenvalue weighted by atomic mass is 10.1. The number of fused-ring (bicyclic) bond motifs is 1. The van der Waals surface area contributed by atoms with Gasteiger partial charge in [-0.25, -0.2) is 0 Å². The standard InChI is InChI=1S/C16H16N2S/c1-11-8-9-15(19-11)12(2)18-14-7-3-5-13-6-4-10-17-16(13)14/h3-10,12,18H,1-2H3. The smallest absolute Gasteiger partial charge is 0.0933 e. The zero-order chi connectivity index (χ0) is 13.2. The Balaban J connectivity index is 1.93. The molecule has 0 aliphatic carbocycles. The Morgan fingerprint density at radius 3 is 2.74 bits per heavy atom. The number of nitrogens with zero attached hydrogens (tertiary/aromatic N) is 1. The molecule has 96 valence electrons. The summed E-state index contributed by atoms with van der Waals surface area (Å²) in [6.45, 7) is 4.33. The van der Waals surface area contributed by atoms with Crippen molar-refractivity contribution in [2.24, 2.45) is 0 Å². The van der Waals surface area contributed by atoms with E-state index in [0.29, 0.717) is 6.04 Å². The molecule has 1 N–H and O–H groups in total. The molecule has 0 aliphatic heterocycles. The first-order chi connectivity index (χ1) is 9.24. The van der Waals surface area contributed by atoms with E-state index in [1.807, 2.05) is 23.6 Å². The fraction of sp³-hybridized carbons (Fsp3) is 0.188. The quantitative estimate of drug-likeness (QED) is 0.739. The lowest BCUT2D eigenvalue weighted by Gasteiger charge is -2.15. The molecule has 0 aliphatic rings. The van der Waals surface area contributed by atoms with Gasteiger partial charge >= 0.3 is 0 Å². The number of aryl methyl sites for hydroxylation is 1. The van der Waals surface area contributed by atoms with Gasteiger partial charge in [-0.3, -0.25) is 4.98 Å². The molecule has 1 atom stereocenters. The highest BCUT2D eigenvalue weighted by Gasteiger charge is 2.09. The topological polar surface area (TPSA) is 24.9 Å². The highest BCUT2D eigenvalue weighted by Crippen LogP contribution is 2.28. The van der Waals surface area contributed by atoms with Gasteiger partial charge in [0, 0.05) is 21.3 Å². The van der Waals surface area contributed by atoms with Gasteiger partial charge in [-0.2, -0.15) is 0 Å². The fourth-order valence-electron chi connectivity index (χ4n) is 2.21. The molecular formula is C16H16N2S. The van der Waals surface area contributed by atoms with Crippen LogP contribution in [0.3, 0.4) is 0 Å². The van der Waals surface area contributed by atoms with Crippen LogP contribution in [0.1, 0.15) is 22.7 Å². The molecule has 19 heavy (non-hydrogen) atoms. The van der Waals surface area contributed by atoms with Crippen molar-refractivity contribution in [3.8, 4) is 0 Å². The highest BCUT2D eigenvalue weighted by molar-refractivity contribution is 7.12. The van der Waals surface area contributed by atoms with Gasteiger partial charge in [0.25, 0.3) is 0 Å². The molecule has 0 amide bonds. The summed E-state index contributed by atoms with van der Waals surface area (Å²) in [7, 11) is 0. The van der Waals surface area contributed by atoms with E-state index >= 15 is 0 Å². The van der Waals surface area contributed by atoms with E-state index in [2.05, 4.69) is 60.5 Å². The summed E-state index contributed by atoms with van der Waals surface area (Å²) < 4.78 is 0. The normalized spacial score (nSPS) is 12.5. The average Bonchev–Trinajstić information content (AvgIpc) is 2.86. The van der Waals surface area contributed by atoms with Crippen LogP contribution in [-0.2, 0) is 0 Å². The number of thiophene rings is 1. The van der Waals surface area contributed by atoms with Crippen molar-refractivity contribution < 1.29 is 0 Å². The first-order valence-corrected chi connectivity index (χ1v) is 7.22. The number of nitrogens with one attached hydrogen (secondary N) is 1. The van der Waals surface area contributed by atoms with E-state index in [9.17, 15) is 0 Å². The van der Waals surface area contributed by atoms with Gasteiger partial charge < -0.3 is 5.32 Å². The second-order valence-electron chi connectivity index (χ2n) is 4.70. The fourth-order valence-corrected chi connectivity index (χ4v) is 3.09. The van der Waals surface area contributed by atoms with Crippen molar-refractivity contribution in [3.63, 3.8) is 0 Å². The predicted octanol–water partition coefficient (Wildman–Crippen LogP) is 4.78. The van der Waals surface area contributed by atoms with E-state index in [1.165, 1.54) is 15.1 Å². The van der Waals surface area contributed by atoms with Crippen LogP contribution in [0.4, 0.5) is 5.69 Å². The number of aromatic nitrogens is 1. The Hall–Kier alpha value is -1.87. The van der Waals surface area contributed by atoms with Crippen molar-refractivity contribution in [2.75, 3.05) is 5.32 Å². The minimum Gasteiger partial charge on any atom is -0.376 e. The van der Waals surface area contributed by atoms with Gasteiger partial charge in [0.05, 0.1) is 17.2 Å². The first-order valence-electron chi connectivity index (χ1n) is 6.40. The Morgan fingerprint density at radius 2 is 1.95 bits per heavy atom. The van der Waals surface area contributed by atoms with Crippen LogP contribution in [0, 0.1) is 6.92 Å². The molecule has 3 rings (SSSR count). The SMILES string of the molecule is Cc1ccc(C(C)Nc2cccc3cccnc23)s1. The van der Waals surface area contributed by atoms with Crippen LogP contribution in [0.15, 0.2) is 48.7 Å². The first kappa shape index (κ1) is 12.2. The molecule has 0 spiro atoms. The lowest BCUT2D eigenvalue weighted by Crippen LogP contribution is -2.05. The molecule has 3 aromatic rings. The van der Waals surface area contributed by atoms with Gasteiger partial charge in [0.2, 0.25) is 0 Å². The van der Waals surface area contributed by atoms with Crippen LogP contribution < -0.4 is 5.32 Å². The van der Waals surface area contributed by atoms with Crippen molar-refractivity contribution >= 4 is 27.9 Å². The number of hydrogen-bond donors (Lipinski definition) is 1. The Morgan fingerprint density at radius 1 is 1.11 bits per heavy atom. The molecule has 2 aromatic heterocycles. The van der Waals surface area contributed by atoms with E-state index in [1.54, 1.807) is 0 Å². The number of hydrogen-bond acceptors (Lipinski definition) is 3. The zero-order valence-electron chi connectivity index (χ0n) is 11.1. The Kier molecular flexibility index (Phi) is 3.22. The number of benzene rings is 1. The van der Waals surface area contributed by atoms with Gasteiger partial charge in [0.15, 0.2) is 0 Å². The maximum atomic E-state index is 4.47. The van der Waals surface area contributed by atoms with E-state index in [-0.39, 0.29) is 0 Å². The number of para-hydroxylation sites is 1. The Labute approximate surface area is 117 Å². The molecular weight excluding hydrogens is 252 g/mol. The van der Waals surface area contributed by atoms with Crippen LogP contribution in [-0.4, -0.2) is 4.98 Å². The summed E-state index contributed by atoms with van der Waals surface area (Å²) in [5, 5.41) is 4.73. The lowest BCUT2D eigenvalue weighted by molar-refractivity contribution is 0.909. The van der Waals surface area contributed by atoms with Crippen LogP contribution in [0.5, 0.6) is 0 Å². The van der Waals surface area contributed by atoms with Gasteiger partial charge in [-0.1, -0.05) is 18.2 Å². The second kappa shape index (κ2) is 5.02. The van der Waals surface area contributed by atoms with Crippen LogP contribution >= 0.6 is 11.3 Å². The third-order valence-electron chi connectivity index (χ3n) is 3.19. The monoisotopic (exact) mass is 268 g/mol. The molecule has 0 radical (unpaired) electrons. The van der Waals surface area contributed by atoms with Gasteiger partial charge in [0.1, 0.15) is 0 Å². The Bertz CT molecular complexity index is 697. The summed E-state index contributed by atoms with van der Waals surface area (Å²) in [6, 6.07) is 15.0. The summed E-state index contributed by atoms with van der Waals surface area (Å²) in [5.41, 5.74) is 2.13. The van der Waals surface area contributed by atoms with Crippen molar-refractivity contribution in [3.05, 3.63) is 58.4 Å². The van der Waals surface area contributed by atoms with E-state index < -0.39 is 0 Å². The van der Waals surface area contributed by atoms with E-state index in [4.69, 9.17) is 0 Å². The average molecular weight is 268 g/mol. The number of rotatable bonds is 3. The molecule has 1 unspecified atom stereocenters. The van der Waals surface area contributed by atoms with Crippen LogP contribution in [0.2, 0.25) is 0 Å². The molecule has 2 nitrogen and oxygen atoms in total. The maximum absolute atomic E-state index is 4.47. The number of anilines is 1. The van der Waals surface area contributed by atoms with E-state index in [0.717, 1.165) is 11.2 Å². The van der Waals surface area contributed by atoms with Crippen molar-refractivity contribution in [1.82, 2.24) is 4.98 Å². The predicted molar refractivity (Wildman–Crippen MR) is 82.8 cm³/mol. The second-order valence-corrected chi connectivity index (χ2v) is 6.01. The minimum absolute atomic E-state index is 0.298. The minimum atomic E-state index is 0.298. The summed E-state index contributed by atoms with van der Waals surface area (Å²) in [5.74, 6) is 0. The molecule has 3 heteroatoms. The third-order valence-corrected chi connectivity index (χ3v) is 4.38. The molecule has 0 bridgehead atoms. The van der Waals surface area contributed by atoms with Crippen molar-refractivity contribution in [1.29, 1.82) is 0 Å². The third kappa shape index (κ3) is 2.47. The molecule has 0 saturated heterocycles. The maximum Gasteiger partial charge on any atom is 0.0933 e. The summed E-state index contributed by atoms with van der Waals surface area (Å²) in [4.78, 5) is 7.17. The molecule has 0 saturated carbocycles. The highest BCUT2D eigenvalue weighted by atomic mass is 32.1. The summed E-state index contributed by atoms with van der Waals surface area (Å²) >= 11 is 1.84. The number of pyridine rings is 1. The molecule has 1 aromatic carbocycles. The zero-order valence-corrected chi connectivity index (χ0v) is 11.9. The van der Waals surface area contributed by atoms with Crippen LogP contribution in [0.25, 0.3) is 10.9 Å². The largest absolute Gasteiger partial charge is 0.376 e. The molecule has 2 heterocycles. The van der Waals surface area contributed by atoms with Gasteiger partial charge in [-0.15, -0.1) is 11.3 Å². The molecule has 0 fully saturated rings. The summed E-state index contributed by atoms with van der Waals surface area (Å²) in [6.07, 6.45) is 1.84.